The smallest absolute Gasteiger partial charge is 0.138 e. The first-order valence-corrected chi connectivity index (χ1v) is 13.0. The van der Waals surface area contributed by atoms with Crippen LogP contribution < -0.4 is 5.32 Å². The van der Waals surface area contributed by atoms with Gasteiger partial charge in [0.15, 0.2) is 0 Å². The zero-order chi connectivity index (χ0) is 24.7. The number of piperazine rings is 1. The van der Waals surface area contributed by atoms with Crippen LogP contribution in [0.3, 0.4) is 0 Å². The molecule has 3 aliphatic rings. The highest BCUT2D eigenvalue weighted by Gasteiger charge is 2.36. The number of aliphatic hydroxyl groups excluding tert-OH is 1. The zero-order valence-corrected chi connectivity index (χ0v) is 22.0. The number of likely N-dealkylation sites (tertiary alicyclic amines) is 1. The molecule has 3 heterocycles. The highest BCUT2D eigenvalue weighted by atomic mass is 16.5. The number of rotatable bonds is 9. The van der Waals surface area contributed by atoms with Gasteiger partial charge >= 0.3 is 0 Å². The molecule has 0 aromatic carbocycles. The molecule has 0 radical (unpaired) electrons. The summed E-state index contributed by atoms with van der Waals surface area (Å²) >= 11 is 0. The molecule has 3 aliphatic heterocycles. The lowest BCUT2D eigenvalue weighted by atomic mass is 9.97. The predicted molar refractivity (Wildman–Crippen MR) is 141 cm³/mol. The van der Waals surface area contributed by atoms with Crippen molar-refractivity contribution in [1.29, 1.82) is 0 Å². The fourth-order valence-corrected chi connectivity index (χ4v) is 5.45. The number of hydrogen-bond donors (Lipinski definition) is 2. The molecular weight excluding hydrogens is 424 g/mol. The summed E-state index contributed by atoms with van der Waals surface area (Å²) in [6.45, 7) is 21.4. The van der Waals surface area contributed by atoms with E-state index in [1.165, 1.54) is 24.0 Å². The average molecular weight is 471 g/mol. The maximum Gasteiger partial charge on any atom is 0.138 e. The summed E-state index contributed by atoms with van der Waals surface area (Å²) < 4.78 is 5.93. The molecule has 0 aromatic rings. The van der Waals surface area contributed by atoms with Crippen molar-refractivity contribution >= 4 is 0 Å². The van der Waals surface area contributed by atoms with Crippen molar-refractivity contribution < 1.29 is 9.84 Å². The molecule has 0 spiro atoms. The lowest BCUT2D eigenvalue weighted by Crippen LogP contribution is -2.62. The number of nitrogens with one attached hydrogen (secondary N) is 1. The van der Waals surface area contributed by atoms with E-state index in [0.717, 1.165) is 57.0 Å². The van der Waals surface area contributed by atoms with E-state index in [4.69, 9.17) is 4.74 Å². The second kappa shape index (κ2) is 12.6. The highest BCUT2D eigenvalue weighted by Crippen LogP contribution is 2.26. The molecule has 190 valence electrons. The lowest BCUT2D eigenvalue weighted by molar-refractivity contribution is -0.00423. The number of aliphatic hydroxyl groups is 1. The molecule has 0 saturated carbocycles. The third-order valence-electron chi connectivity index (χ3n) is 7.22. The summed E-state index contributed by atoms with van der Waals surface area (Å²) in [7, 11) is 0. The van der Waals surface area contributed by atoms with Gasteiger partial charge in [0.2, 0.25) is 0 Å². The van der Waals surface area contributed by atoms with E-state index in [1.54, 1.807) is 0 Å². The van der Waals surface area contributed by atoms with Crippen molar-refractivity contribution in [2.45, 2.75) is 72.1 Å². The Bertz CT molecular complexity index is 816. The average Bonchev–Trinajstić information content (AvgIpc) is 2.82. The summed E-state index contributed by atoms with van der Waals surface area (Å²) in [6.07, 6.45) is 11.4. The van der Waals surface area contributed by atoms with Crippen LogP contribution in [-0.4, -0.2) is 83.9 Å². The highest BCUT2D eigenvalue weighted by molar-refractivity contribution is 5.31. The number of ether oxygens (including phenoxy) is 1. The molecule has 0 aromatic heterocycles. The fraction of sp³-hybridized carbons (Fsp3) is 0.643. The molecule has 0 aliphatic carbocycles. The third-order valence-corrected chi connectivity index (χ3v) is 7.22. The standard InChI is InChI=1S/C28H46N4O2/c1-7-23(27(34-9-3)16-21(4)5)19-30-12-10-25(11-13-30)32-15-14-31(20-24(32)8-2)28-26(33)17-22(6)18-29-28/h7,16-18,24-25,28-29,33H,1,8-15,19-20H2,2-6H3/b27-23-. The monoisotopic (exact) mass is 470 g/mol. The molecule has 3 rings (SSSR count). The Morgan fingerprint density at radius 1 is 1.21 bits per heavy atom. The van der Waals surface area contributed by atoms with Crippen molar-refractivity contribution in [3.63, 3.8) is 0 Å². The Balaban J connectivity index is 1.57. The van der Waals surface area contributed by atoms with Gasteiger partial charge in [-0.15, -0.1) is 0 Å². The van der Waals surface area contributed by atoms with Crippen molar-refractivity contribution in [3.8, 4) is 0 Å². The van der Waals surface area contributed by atoms with E-state index in [0.29, 0.717) is 24.4 Å². The molecule has 2 atom stereocenters. The molecule has 0 bridgehead atoms. The van der Waals surface area contributed by atoms with Gasteiger partial charge in [0, 0.05) is 50.0 Å². The van der Waals surface area contributed by atoms with Crippen molar-refractivity contribution in [3.05, 3.63) is 59.2 Å². The van der Waals surface area contributed by atoms with E-state index in [2.05, 4.69) is 53.4 Å². The van der Waals surface area contributed by atoms with E-state index in [9.17, 15) is 5.11 Å². The quantitative estimate of drug-likeness (QED) is 0.380. The first kappa shape index (κ1) is 26.6. The molecule has 34 heavy (non-hydrogen) atoms. The van der Waals surface area contributed by atoms with Gasteiger partial charge in [-0.05, 0) is 77.8 Å². The Kier molecular flexibility index (Phi) is 9.86. The van der Waals surface area contributed by atoms with Gasteiger partial charge < -0.3 is 15.2 Å². The van der Waals surface area contributed by atoms with Gasteiger partial charge in [0.05, 0.1) is 6.61 Å². The van der Waals surface area contributed by atoms with Gasteiger partial charge in [-0.1, -0.05) is 25.2 Å². The molecule has 2 saturated heterocycles. The molecule has 2 N–H and O–H groups in total. The number of hydrogen-bond acceptors (Lipinski definition) is 6. The fourth-order valence-electron chi connectivity index (χ4n) is 5.45. The second-order valence-electron chi connectivity index (χ2n) is 10.1. The molecular formula is C28H46N4O2. The Morgan fingerprint density at radius 2 is 1.94 bits per heavy atom. The normalized spacial score (nSPS) is 26.1. The summed E-state index contributed by atoms with van der Waals surface area (Å²) in [5, 5.41) is 13.9. The van der Waals surface area contributed by atoms with Gasteiger partial charge in [0.1, 0.15) is 17.7 Å². The first-order valence-electron chi connectivity index (χ1n) is 13.0. The van der Waals surface area contributed by atoms with Crippen molar-refractivity contribution in [2.24, 2.45) is 0 Å². The maximum atomic E-state index is 10.5. The van der Waals surface area contributed by atoms with Gasteiger partial charge in [0.25, 0.3) is 0 Å². The minimum atomic E-state index is -0.0915. The molecule has 2 unspecified atom stereocenters. The van der Waals surface area contributed by atoms with Crippen LogP contribution >= 0.6 is 0 Å². The van der Waals surface area contributed by atoms with Crippen LogP contribution in [0.25, 0.3) is 0 Å². The minimum absolute atomic E-state index is 0.0915. The third kappa shape index (κ3) is 6.77. The Hall–Kier alpha value is -2.02. The SMILES string of the molecule is C=C/C(CN1CCC(N2CCN(C3NC=C(C)C=C3O)CC2CC)CC1)=C(\C=C(C)C)OCC. The van der Waals surface area contributed by atoms with Crippen LogP contribution in [-0.2, 0) is 4.74 Å². The van der Waals surface area contributed by atoms with Crippen LogP contribution in [0, 0.1) is 0 Å². The van der Waals surface area contributed by atoms with Crippen LogP contribution in [0.4, 0.5) is 0 Å². The summed E-state index contributed by atoms with van der Waals surface area (Å²) in [4.78, 5) is 7.69. The number of piperidine rings is 1. The molecule has 2 fully saturated rings. The van der Waals surface area contributed by atoms with E-state index < -0.39 is 0 Å². The first-order chi connectivity index (χ1) is 16.4. The van der Waals surface area contributed by atoms with Crippen LogP contribution in [0.1, 0.15) is 53.9 Å². The molecule has 0 amide bonds. The van der Waals surface area contributed by atoms with E-state index >= 15 is 0 Å². The Morgan fingerprint density at radius 3 is 2.53 bits per heavy atom. The van der Waals surface area contributed by atoms with E-state index in [1.807, 2.05) is 32.2 Å². The minimum Gasteiger partial charge on any atom is -0.509 e. The van der Waals surface area contributed by atoms with Crippen LogP contribution in [0.2, 0.25) is 0 Å². The zero-order valence-electron chi connectivity index (χ0n) is 22.0. The van der Waals surface area contributed by atoms with Gasteiger partial charge in [-0.25, -0.2) is 0 Å². The second-order valence-corrected chi connectivity index (χ2v) is 10.1. The molecule has 6 nitrogen and oxygen atoms in total. The summed E-state index contributed by atoms with van der Waals surface area (Å²) in [5.74, 6) is 1.39. The topological polar surface area (TPSA) is 51.2 Å². The number of dihydropyridines is 1. The lowest BCUT2D eigenvalue weighted by Gasteiger charge is -2.49. The predicted octanol–water partition coefficient (Wildman–Crippen LogP) is 4.56. The maximum absolute atomic E-state index is 10.5. The van der Waals surface area contributed by atoms with Gasteiger partial charge in [-0.3, -0.25) is 14.7 Å². The number of nitrogens with zero attached hydrogens (tertiary/aromatic N) is 3. The van der Waals surface area contributed by atoms with Crippen LogP contribution in [0.5, 0.6) is 0 Å². The van der Waals surface area contributed by atoms with Gasteiger partial charge in [-0.2, -0.15) is 0 Å². The number of allylic oxidation sites excluding steroid dienone is 4. The Labute approximate surface area is 207 Å². The molecule has 6 heteroatoms. The largest absolute Gasteiger partial charge is 0.509 e. The van der Waals surface area contributed by atoms with Crippen molar-refractivity contribution in [2.75, 3.05) is 45.9 Å². The summed E-state index contributed by atoms with van der Waals surface area (Å²) in [5.41, 5.74) is 3.48. The van der Waals surface area contributed by atoms with E-state index in [-0.39, 0.29) is 6.17 Å². The van der Waals surface area contributed by atoms with Crippen LogP contribution in [0.15, 0.2) is 59.2 Å². The summed E-state index contributed by atoms with van der Waals surface area (Å²) in [6, 6.07) is 1.16. The van der Waals surface area contributed by atoms with Crippen molar-refractivity contribution in [1.82, 2.24) is 20.0 Å².